The predicted octanol–water partition coefficient (Wildman–Crippen LogP) is 5.36. The predicted molar refractivity (Wildman–Crippen MR) is 121 cm³/mol. The molecule has 35 heavy (non-hydrogen) atoms. The summed E-state index contributed by atoms with van der Waals surface area (Å²) in [5.41, 5.74) is -1.10. The number of nitrogens with zero attached hydrogens (tertiary/aromatic N) is 3. The van der Waals surface area contributed by atoms with Gasteiger partial charge in [-0.1, -0.05) is 23.7 Å². The van der Waals surface area contributed by atoms with Crippen molar-refractivity contribution in [2.75, 3.05) is 26.2 Å². The third-order valence-corrected chi connectivity index (χ3v) is 5.41. The zero-order valence-electron chi connectivity index (χ0n) is 18.6. The van der Waals surface area contributed by atoms with Crippen LogP contribution in [0.4, 0.5) is 18.9 Å². The van der Waals surface area contributed by atoms with Gasteiger partial charge >= 0.3 is 12.1 Å². The molecule has 3 rings (SSSR count). The first-order valence-electron chi connectivity index (χ1n) is 9.84. The number of nitriles is 1. The molecule has 180 valence electrons. The van der Waals surface area contributed by atoms with Crippen LogP contribution in [-0.4, -0.2) is 38.1 Å². The number of carbonyl (C=O) groups is 2. The first-order chi connectivity index (χ1) is 16.5. The lowest BCUT2D eigenvalue weighted by Gasteiger charge is -2.22. The van der Waals surface area contributed by atoms with Crippen molar-refractivity contribution in [1.29, 1.82) is 5.26 Å². The number of anilines is 1. The molecule has 0 saturated carbocycles. The second kappa shape index (κ2) is 10.0. The molecular weight excluding hydrogens is 487 g/mol. The van der Waals surface area contributed by atoms with E-state index in [-0.39, 0.29) is 44.3 Å². The highest BCUT2D eigenvalue weighted by Gasteiger charge is 2.33. The number of ether oxygens (including phenoxy) is 2. The van der Waals surface area contributed by atoms with Crippen molar-refractivity contribution in [2.45, 2.75) is 6.18 Å². The van der Waals surface area contributed by atoms with E-state index in [1.54, 1.807) is 24.3 Å². The lowest BCUT2D eigenvalue weighted by atomic mass is 9.98. The molecule has 0 atom stereocenters. The molecule has 0 N–H and O–H groups in total. The Bertz CT molecular complexity index is 1350. The minimum atomic E-state index is -4.75. The zero-order chi connectivity index (χ0) is 25.9. The van der Waals surface area contributed by atoms with Crippen molar-refractivity contribution >= 4 is 29.2 Å². The highest BCUT2D eigenvalue weighted by atomic mass is 35.5. The van der Waals surface area contributed by atoms with Gasteiger partial charge in [-0.2, -0.15) is 18.4 Å². The summed E-state index contributed by atoms with van der Waals surface area (Å²) >= 11 is 6.33. The lowest BCUT2D eigenvalue weighted by Crippen LogP contribution is -2.28. The number of aromatic nitrogens is 1. The molecule has 7 nitrogen and oxygen atoms in total. The van der Waals surface area contributed by atoms with E-state index in [1.165, 1.54) is 44.4 Å². The Kier molecular flexibility index (Phi) is 7.31. The highest BCUT2D eigenvalue weighted by molar-refractivity contribution is 6.34. The van der Waals surface area contributed by atoms with Gasteiger partial charge in [0, 0.05) is 30.4 Å². The van der Waals surface area contributed by atoms with Crippen molar-refractivity contribution in [2.24, 2.45) is 0 Å². The van der Waals surface area contributed by atoms with Gasteiger partial charge in [-0.15, -0.1) is 0 Å². The van der Waals surface area contributed by atoms with Gasteiger partial charge in [0.2, 0.25) is 0 Å². The summed E-state index contributed by atoms with van der Waals surface area (Å²) in [4.78, 5) is 30.2. The van der Waals surface area contributed by atoms with Crippen molar-refractivity contribution in [3.05, 3.63) is 76.1 Å². The molecule has 0 radical (unpaired) electrons. The minimum absolute atomic E-state index is 0.000169. The number of carbonyl (C=O) groups excluding carboxylic acids is 2. The van der Waals surface area contributed by atoms with E-state index >= 15 is 0 Å². The van der Waals surface area contributed by atoms with Crippen LogP contribution in [0.15, 0.2) is 48.7 Å². The second-order valence-electron chi connectivity index (χ2n) is 7.13. The Balaban J connectivity index is 2.15. The number of esters is 1. The van der Waals surface area contributed by atoms with Crippen LogP contribution in [0, 0.1) is 11.3 Å². The zero-order valence-corrected chi connectivity index (χ0v) is 19.4. The summed E-state index contributed by atoms with van der Waals surface area (Å²) in [6.07, 6.45) is -3.87. The van der Waals surface area contributed by atoms with Gasteiger partial charge in [-0.25, -0.2) is 4.79 Å². The van der Waals surface area contributed by atoms with Crippen molar-refractivity contribution in [3.8, 4) is 22.9 Å². The van der Waals surface area contributed by atoms with Gasteiger partial charge in [0.25, 0.3) is 5.91 Å². The Morgan fingerprint density at radius 1 is 1.09 bits per heavy atom. The molecule has 3 aromatic rings. The number of hydrogen-bond donors (Lipinski definition) is 0. The number of alkyl halides is 3. The Hall–Kier alpha value is -4.10. The van der Waals surface area contributed by atoms with Gasteiger partial charge in [0.05, 0.1) is 47.7 Å². The number of methoxy groups -OCH3 is 2. The molecular formula is C24H17ClF3N3O4. The molecule has 0 aliphatic carbocycles. The summed E-state index contributed by atoms with van der Waals surface area (Å²) in [6, 6.07) is 11.2. The third-order valence-electron chi connectivity index (χ3n) is 5.10. The lowest BCUT2D eigenvalue weighted by molar-refractivity contribution is -0.141. The molecule has 0 spiro atoms. The molecule has 2 aromatic carbocycles. The smallest absolute Gasteiger partial charge is 0.433 e. The maximum atomic E-state index is 13.4. The minimum Gasteiger partial charge on any atom is -0.496 e. The summed E-state index contributed by atoms with van der Waals surface area (Å²) < 4.78 is 49.2. The van der Waals surface area contributed by atoms with Gasteiger partial charge in [0.15, 0.2) is 0 Å². The van der Waals surface area contributed by atoms with E-state index in [1.807, 2.05) is 0 Å². The fraction of sp³-hybridized carbons (Fsp3) is 0.167. The van der Waals surface area contributed by atoms with E-state index in [4.69, 9.17) is 21.1 Å². The third kappa shape index (κ3) is 5.05. The Morgan fingerprint density at radius 2 is 1.77 bits per heavy atom. The molecule has 11 heteroatoms. The van der Waals surface area contributed by atoms with Crippen LogP contribution in [0.5, 0.6) is 5.75 Å². The van der Waals surface area contributed by atoms with E-state index in [2.05, 4.69) is 4.98 Å². The van der Waals surface area contributed by atoms with Crippen LogP contribution in [0.3, 0.4) is 0 Å². The number of hydrogen-bond acceptors (Lipinski definition) is 6. The molecule has 0 aliphatic rings. The number of benzene rings is 2. The van der Waals surface area contributed by atoms with Gasteiger partial charge in [-0.3, -0.25) is 9.78 Å². The Labute approximate surface area is 203 Å². The van der Waals surface area contributed by atoms with E-state index in [0.29, 0.717) is 6.07 Å². The Morgan fingerprint density at radius 3 is 2.37 bits per heavy atom. The second-order valence-corrected chi connectivity index (χ2v) is 7.54. The molecule has 0 aliphatic heterocycles. The molecule has 0 fully saturated rings. The highest BCUT2D eigenvalue weighted by Crippen LogP contribution is 2.38. The van der Waals surface area contributed by atoms with Crippen LogP contribution >= 0.6 is 11.6 Å². The monoisotopic (exact) mass is 503 g/mol. The van der Waals surface area contributed by atoms with Crippen LogP contribution < -0.4 is 9.64 Å². The summed E-state index contributed by atoms with van der Waals surface area (Å²) in [7, 11) is 3.95. The molecule has 0 unspecified atom stereocenters. The average Bonchev–Trinajstić information content (AvgIpc) is 2.86. The summed E-state index contributed by atoms with van der Waals surface area (Å²) in [5, 5.41) is 9.47. The number of pyridine rings is 1. The number of halogens is 4. The molecule has 1 aromatic heterocycles. The SMILES string of the molecule is COC(=O)c1ccccc1N(C)C(=O)c1cc(-c2cnc(C(F)(F)F)cc2C#N)c(Cl)cc1OC. The quantitative estimate of drug-likeness (QED) is 0.435. The largest absolute Gasteiger partial charge is 0.496 e. The fourth-order valence-electron chi connectivity index (χ4n) is 3.35. The number of para-hydroxylation sites is 1. The van der Waals surface area contributed by atoms with E-state index in [9.17, 15) is 28.0 Å². The topological polar surface area (TPSA) is 92.5 Å². The normalized spacial score (nSPS) is 10.9. The number of amides is 1. The first-order valence-corrected chi connectivity index (χ1v) is 10.2. The van der Waals surface area contributed by atoms with E-state index in [0.717, 1.165) is 6.20 Å². The summed E-state index contributed by atoms with van der Waals surface area (Å²) in [5.74, 6) is -1.20. The van der Waals surface area contributed by atoms with Crippen LogP contribution in [-0.2, 0) is 10.9 Å². The fourth-order valence-corrected chi connectivity index (χ4v) is 3.61. The first kappa shape index (κ1) is 25.5. The van der Waals surface area contributed by atoms with Crippen LogP contribution in [0.25, 0.3) is 11.1 Å². The van der Waals surface area contributed by atoms with Crippen LogP contribution in [0.2, 0.25) is 5.02 Å². The van der Waals surface area contributed by atoms with Gasteiger partial charge in [-0.05, 0) is 24.3 Å². The van der Waals surface area contributed by atoms with Crippen molar-refractivity contribution < 1.29 is 32.2 Å². The van der Waals surface area contributed by atoms with Gasteiger partial charge in [0.1, 0.15) is 11.4 Å². The van der Waals surface area contributed by atoms with Crippen molar-refractivity contribution in [3.63, 3.8) is 0 Å². The average molecular weight is 504 g/mol. The van der Waals surface area contributed by atoms with Gasteiger partial charge < -0.3 is 14.4 Å². The standard InChI is InChI=1S/C24H17ClF3N3O4/c1-31(19-7-5-4-6-14(19)23(33)35-3)22(32)16-9-15(18(25)10-20(16)34-2)17-12-30-21(24(26,27)28)8-13(17)11-29/h4-10,12H,1-3H3. The molecule has 0 saturated heterocycles. The maximum absolute atomic E-state index is 13.4. The number of rotatable bonds is 5. The van der Waals surface area contributed by atoms with Crippen LogP contribution in [0.1, 0.15) is 32.0 Å². The summed E-state index contributed by atoms with van der Waals surface area (Å²) in [6.45, 7) is 0. The van der Waals surface area contributed by atoms with E-state index < -0.39 is 23.7 Å². The molecule has 0 bridgehead atoms. The maximum Gasteiger partial charge on any atom is 0.433 e. The van der Waals surface area contributed by atoms with Crippen molar-refractivity contribution in [1.82, 2.24) is 4.98 Å². The molecule has 1 amide bonds. The molecule has 1 heterocycles.